The van der Waals surface area contributed by atoms with Gasteiger partial charge in [0.25, 0.3) is 0 Å². The van der Waals surface area contributed by atoms with Gasteiger partial charge in [0.15, 0.2) is 11.9 Å². The number of rotatable bonds is 5. The molecular formula is C15H28N2O6+2. The quantitative estimate of drug-likeness (QED) is 0.269. The number of carbonyl (C=O) groups excluding carboxylic acids is 1. The molecule has 132 valence electrons. The number of nitrogens with one attached hydrogen (secondary N) is 2. The molecule has 0 spiro atoms. The minimum Gasteiger partial charge on any atom is -0.394 e. The number of ketones is 1. The third-order valence-corrected chi connectivity index (χ3v) is 6.07. The smallest absolute Gasteiger partial charge is 0.242 e. The Bertz CT molecular complexity index is 460. The average molecular weight is 332 g/mol. The van der Waals surface area contributed by atoms with Crippen molar-refractivity contribution in [2.45, 2.75) is 44.4 Å². The maximum Gasteiger partial charge on any atom is 0.242 e. The maximum atomic E-state index is 12.6. The van der Waals surface area contributed by atoms with E-state index >= 15 is 0 Å². The summed E-state index contributed by atoms with van der Waals surface area (Å²) in [4.78, 5) is 14.7. The minimum absolute atomic E-state index is 0.293. The normalized spacial score (nSPS) is 47.4. The molecule has 4 rings (SSSR count). The monoisotopic (exact) mass is 332 g/mol. The molecule has 8 nitrogen and oxygen atoms in total. The van der Waals surface area contributed by atoms with Crippen LogP contribution >= 0.6 is 0 Å². The lowest BCUT2D eigenvalue weighted by atomic mass is 9.61. The Kier molecular flexibility index (Phi) is 4.08. The van der Waals surface area contributed by atoms with Crippen LogP contribution in [0.1, 0.15) is 13.8 Å². The van der Waals surface area contributed by atoms with E-state index in [9.17, 15) is 25.2 Å². The van der Waals surface area contributed by atoms with E-state index in [0.29, 0.717) is 32.0 Å². The van der Waals surface area contributed by atoms with E-state index in [1.165, 1.54) is 0 Å². The Morgan fingerprint density at radius 3 is 1.83 bits per heavy atom. The molecule has 0 aromatic carbocycles. The number of quaternary nitrogens is 2. The van der Waals surface area contributed by atoms with Gasteiger partial charge in [-0.3, -0.25) is 14.6 Å². The van der Waals surface area contributed by atoms with Crippen LogP contribution in [0.15, 0.2) is 0 Å². The first kappa shape index (κ1) is 17.2. The molecule has 4 aliphatic rings. The highest BCUT2D eigenvalue weighted by Crippen LogP contribution is 2.34. The lowest BCUT2D eigenvalue weighted by molar-refractivity contribution is -1.17. The summed E-state index contributed by atoms with van der Waals surface area (Å²) in [6.07, 6.45) is -6.24. The fourth-order valence-corrected chi connectivity index (χ4v) is 5.25. The number of hydrogen-bond acceptors (Lipinski definition) is 6. The van der Waals surface area contributed by atoms with Crippen LogP contribution in [0, 0.1) is 10.8 Å². The zero-order valence-electron chi connectivity index (χ0n) is 13.6. The average Bonchev–Trinajstić information content (AvgIpc) is 2.48. The summed E-state index contributed by atoms with van der Waals surface area (Å²) < 4.78 is 0. The SMILES string of the molecule is CC12C[NH+]3CC(C)(C[NH+](C1)C3[C@H](O)[C@H](O)[C@@H](O)[C@H](O)CO)C2=O. The second-order valence-corrected chi connectivity index (χ2v) is 8.17. The van der Waals surface area contributed by atoms with Gasteiger partial charge in [-0.15, -0.1) is 0 Å². The molecule has 4 fully saturated rings. The Hall–Kier alpha value is -0.610. The van der Waals surface area contributed by atoms with Gasteiger partial charge in [0.05, 0.1) is 32.8 Å². The largest absolute Gasteiger partial charge is 0.394 e. The molecule has 0 saturated carbocycles. The number of aliphatic hydroxyl groups excluding tert-OH is 5. The lowest BCUT2D eigenvalue weighted by Crippen LogP contribution is -3.46. The fourth-order valence-electron chi connectivity index (χ4n) is 5.25. The summed E-state index contributed by atoms with van der Waals surface area (Å²) in [5.74, 6) is 0.293. The predicted octanol–water partition coefficient (Wildman–Crippen LogP) is -5.86. The van der Waals surface area contributed by atoms with Crippen LogP contribution in [0.2, 0.25) is 0 Å². The lowest BCUT2D eigenvalue weighted by Gasteiger charge is -2.59. The minimum atomic E-state index is -1.61. The fraction of sp³-hybridized carbons (Fsp3) is 0.933. The summed E-state index contributed by atoms with van der Waals surface area (Å²) in [6, 6.07) is 0. The van der Waals surface area contributed by atoms with Gasteiger partial charge in [0.2, 0.25) is 6.17 Å². The number of carbonyl (C=O) groups is 1. The van der Waals surface area contributed by atoms with Crippen LogP contribution in [0.3, 0.4) is 0 Å². The van der Waals surface area contributed by atoms with Gasteiger partial charge < -0.3 is 25.5 Å². The summed E-state index contributed by atoms with van der Waals surface area (Å²) in [5, 5.41) is 49.0. The van der Waals surface area contributed by atoms with E-state index in [1.54, 1.807) is 0 Å². The Morgan fingerprint density at radius 2 is 1.43 bits per heavy atom. The van der Waals surface area contributed by atoms with Crippen LogP contribution in [0.5, 0.6) is 0 Å². The number of aliphatic hydroxyl groups is 5. The van der Waals surface area contributed by atoms with Gasteiger partial charge in [-0.25, -0.2) is 0 Å². The second kappa shape index (κ2) is 5.45. The van der Waals surface area contributed by atoms with Gasteiger partial charge in [-0.05, 0) is 13.8 Å². The summed E-state index contributed by atoms with van der Waals surface area (Å²) >= 11 is 0. The van der Waals surface area contributed by atoms with Crippen LogP contribution in [-0.2, 0) is 4.79 Å². The van der Waals surface area contributed by atoms with Gasteiger partial charge in [0, 0.05) is 0 Å². The predicted molar refractivity (Wildman–Crippen MR) is 77.5 cm³/mol. The highest BCUT2D eigenvalue weighted by Gasteiger charge is 2.69. The van der Waals surface area contributed by atoms with Crippen molar-refractivity contribution in [3.63, 3.8) is 0 Å². The topological polar surface area (TPSA) is 127 Å². The van der Waals surface area contributed by atoms with Crippen LogP contribution < -0.4 is 9.80 Å². The van der Waals surface area contributed by atoms with E-state index in [0.717, 1.165) is 9.80 Å². The third-order valence-electron chi connectivity index (χ3n) is 6.07. The van der Waals surface area contributed by atoms with E-state index in [-0.39, 0.29) is 6.17 Å². The molecule has 23 heavy (non-hydrogen) atoms. The summed E-state index contributed by atoms with van der Waals surface area (Å²) in [7, 11) is 0. The molecule has 4 saturated heterocycles. The van der Waals surface area contributed by atoms with E-state index in [2.05, 4.69) is 0 Å². The van der Waals surface area contributed by atoms with Crippen molar-refractivity contribution >= 4 is 5.78 Å². The van der Waals surface area contributed by atoms with E-state index < -0.39 is 41.9 Å². The molecule has 0 aromatic heterocycles. The molecule has 0 radical (unpaired) electrons. The van der Waals surface area contributed by atoms with Crippen molar-refractivity contribution in [3.05, 3.63) is 0 Å². The zero-order valence-corrected chi connectivity index (χ0v) is 13.6. The van der Waals surface area contributed by atoms with Crippen molar-refractivity contribution in [3.8, 4) is 0 Å². The molecule has 4 aliphatic heterocycles. The molecule has 0 aliphatic carbocycles. The highest BCUT2D eigenvalue weighted by atomic mass is 16.4. The first-order chi connectivity index (χ1) is 10.6. The molecule has 4 bridgehead atoms. The summed E-state index contributed by atoms with van der Waals surface area (Å²) in [5.41, 5.74) is -0.805. The van der Waals surface area contributed by atoms with E-state index in [1.807, 2.05) is 13.8 Å². The van der Waals surface area contributed by atoms with Crippen LogP contribution in [0.25, 0.3) is 0 Å². The van der Waals surface area contributed by atoms with Crippen molar-refractivity contribution in [1.29, 1.82) is 0 Å². The van der Waals surface area contributed by atoms with Crippen molar-refractivity contribution in [1.82, 2.24) is 0 Å². The molecule has 4 atom stereocenters. The number of piperidine rings is 2. The molecule has 8 heteroatoms. The molecule has 0 unspecified atom stereocenters. The first-order valence-corrected chi connectivity index (χ1v) is 8.20. The van der Waals surface area contributed by atoms with Crippen molar-refractivity contribution < 1.29 is 40.1 Å². The highest BCUT2D eigenvalue weighted by molar-refractivity contribution is 5.91. The molecule has 4 heterocycles. The Morgan fingerprint density at radius 1 is 1.00 bits per heavy atom. The zero-order chi connectivity index (χ0) is 17.2. The Balaban J connectivity index is 1.80. The van der Waals surface area contributed by atoms with Gasteiger partial charge in [0.1, 0.15) is 29.1 Å². The first-order valence-electron chi connectivity index (χ1n) is 8.20. The van der Waals surface area contributed by atoms with Gasteiger partial charge >= 0.3 is 0 Å². The summed E-state index contributed by atoms with van der Waals surface area (Å²) in [6.45, 7) is 5.68. The molecule has 0 aromatic rings. The van der Waals surface area contributed by atoms with Crippen molar-refractivity contribution in [2.75, 3.05) is 32.8 Å². The standard InChI is InChI=1S/C15H26N2O6/c1-14-4-16-6-15(2,13(14)23)7-17(5-14)12(16)11(22)10(21)9(20)8(19)3-18/h8-12,18-22H,3-7H2,1-2H3/p+2/t8-,9+,10-,11-,12?,14?,15?/m1/s1. The third kappa shape index (κ3) is 2.44. The number of hydrogen-bond donors (Lipinski definition) is 7. The van der Waals surface area contributed by atoms with Crippen LogP contribution in [-0.4, -0.2) is 94.7 Å². The van der Waals surface area contributed by atoms with Gasteiger partial charge in [-0.1, -0.05) is 0 Å². The second-order valence-electron chi connectivity index (χ2n) is 8.17. The molecular weight excluding hydrogens is 304 g/mol. The van der Waals surface area contributed by atoms with Crippen LogP contribution in [0.4, 0.5) is 0 Å². The molecule has 7 N–H and O–H groups in total. The van der Waals surface area contributed by atoms with Gasteiger partial charge in [-0.2, -0.15) is 0 Å². The molecule has 0 amide bonds. The Labute approximate surface area is 134 Å². The van der Waals surface area contributed by atoms with E-state index in [4.69, 9.17) is 5.11 Å². The maximum absolute atomic E-state index is 12.6. The van der Waals surface area contributed by atoms with Crippen molar-refractivity contribution in [2.24, 2.45) is 10.8 Å². The number of Topliss-reactive ketones (excluding diaryl/α,β-unsaturated/α-hetero) is 1.